The minimum Gasteiger partial charge on any atom is -0.444 e. The minimum absolute atomic E-state index is 0.199. The molecule has 0 aromatic heterocycles. The summed E-state index contributed by atoms with van der Waals surface area (Å²) < 4.78 is 6.61. The zero-order chi connectivity index (χ0) is 22.5. The van der Waals surface area contributed by atoms with Crippen molar-refractivity contribution in [2.45, 2.75) is 58.1 Å². The summed E-state index contributed by atoms with van der Waals surface area (Å²) in [4.78, 5) is 29.1. The van der Waals surface area contributed by atoms with Gasteiger partial charge in [0.05, 0.1) is 6.04 Å². The molecule has 1 fully saturated rings. The molecule has 1 saturated heterocycles. The van der Waals surface area contributed by atoms with Crippen molar-refractivity contribution >= 4 is 45.2 Å². The van der Waals surface area contributed by atoms with E-state index in [0.29, 0.717) is 38.5 Å². The van der Waals surface area contributed by atoms with Gasteiger partial charge >= 0.3 is 6.09 Å². The van der Waals surface area contributed by atoms with Gasteiger partial charge in [0.15, 0.2) is 0 Å². The van der Waals surface area contributed by atoms with Crippen molar-refractivity contribution in [3.05, 3.63) is 28.7 Å². The third-order valence-corrected chi connectivity index (χ3v) is 5.68. The maximum atomic E-state index is 12.8. The number of hydrogen-bond acceptors (Lipinski definition) is 4. The second-order valence-electron chi connectivity index (χ2n) is 9.09. The maximum absolute atomic E-state index is 12.8. The Morgan fingerprint density at radius 1 is 1.23 bits per heavy atom. The highest BCUT2D eigenvalue weighted by Crippen LogP contribution is 2.23. The molecule has 8 heteroatoms. The standard InChI is InChI=1S/C22H33BrClN3O3/c1-15(2)12-19(24)20(28)25-13-18-14-26(17-8-6-16(23)7-9-17)10-11-27(18)21(29)30-22(3,4)5/h6-9,15,18-19H,10-14H2,1-5H3,(H,25,28). The Morgan fingerprint density at radius 3 is 2.43 bits per heavy atom. The number of piperazine rings is 1. The van der Waals surface area contributed by atoms with Crippen LogP contribution in [0, 0.1) is 5.92 Å². The van der Waals surface area contributed by atoms with Gasteiger partial charge in [0.1, 0.15) is 11.0 Å². The van der Waals surface area contributed by atoms with Crippen LogP contribution >= 0.6 is 27.5 Å². The van der Waals surface area contributed by atoms with Gasteiger partial charge in [-0.25, -0.2) is 4.79 Å². The number of rotatable bonds is 6. The van der Waals surface area contributed by atoms with Gasteiger partial charge in [-0.15, -0.1) is 11.6 Å². The number of anilines is 1. The largest absolute Gasteiger partial charge is 0.444 e. The van der Waals surface area contributed by atoms with Crippen LogP contribution in [0.25, 0.3) is 0 Å². The molecule has 1 N–H and O–H groups in total. The molecule has 1 aliphatic heterocycles. The molecule has 0 bridgehead atoms. The Morgan fingerprint density at radius 2 is 1.87 bits per heavy atom. The van der Waals surface area contributed by atoms with E-state index in [9.17, 15) is 9.59 Å². The first-order valence-electron chi connectivity index (χ1n) is 10.4. The summed E-state index contributed by atoms with van der Waals surface area (Å²) in [6.07, 6.45) is 0.251. The second-order valence-corrected chi connectivity index (χ2v) is 10.5. The lowest BCUT2D eigenvalue weighted by Crippen LogP contribution is -2.59. The molecule has 6 nitrogen and oxygen atoms in total. The van der Waals surface area contributed by atoms with Crippen LogP contribution in [0.4, 0.5) is 10.5 Å². The van der Waals surface area contributed by atoms with Crippen LogP contribution in [0.3, 0.4) is 0 Å². The fourth-order valence-corrected chi connectivity index (χ4v) is 4.03. The monoisotopic (exact) mass is 501 g/mol. The molecule has 0 radical (unpaired) electrons. The van der Waals surface area contributed by atoms with E-state index in [0.717, 1.165) is 10.2 Å². The number of halogens is 2. The third-order valence-electron chi connectivity index (χ3n) is 4.78. The van der Waals surface area contributed by atoms with E-state index in [2.05, 4.69) is 26.1 Å². The molecule has 1 heterocycles. The van der Waals surface area contributed by atoms with Gasteiger partial charge in [0.2, 0.25) is 5.91 Å². The molecule has 2 unspecified atom stereocenters. The van der Waals surface area contributed by atoms with Gasteiger partial charge in [-0.2, -0.15) is 0 Å². The number of alkyl halides is 1. The van der Waals surface area contributed by atoms with Crippen LogP contribution in [0.5, 0.6) is 0 Å². The van der Waals surface area contributed by atoms with E-state index in [4.69, 9.17) is 16.3 Å². The van der Waals surface area contributed by atoms with Crippen molar-refractivity contribution < 1.29 is 14.3 Å². The number of benzene rings is 1. The lowest BCUT2D eigenvalue weighted by molar-refractivity contribution is -0.121. The van der Waals surface area contributed by atoms with Crippen LogP contribution in [0.2, 0.25) is 0 Å². The summed E-state index contributed by atoms with van der Waals surface area (Å²) in [5, 5.41) is 2.35. The fourth-order valence-electron chi connectivity index (χ4n) is 3.33. The molecule has 0 aliphatic carbocycles. The van der Waals surface area contributed by atoms with Gasteiger partial charge in [-0.3, -0.25) is 9.69 Å². The Hall–Kier alpha value is -1.47. The SMILES string of the molecule is CC(C)CC(Cl)C(=O)NCC1CN(c2ccc(Br)cc2)CCN1C(=O)OC(C)(C)C. The topological polar surface area (TPSA) is 61.9 Å². The zero-order valence-corrected chi connectivity index (χ0v) is 20.8. The number of hydrogen-bond donors (Lipinski definition) is 1. The predicted octanol–water partition coefficient (Wildman–Crippen LogP) is 4.64. The Bertz CT molecular complexity index is 721. The molecule has 1 aliphatic rings. The number of nitrogens with zero attached hydrogens (tertiary/aromatic N) is 2. The summed E-state index contributed by atoms with van der Waals surface area (Å²) in [6.45, 7) is 11.7. The minimum atomic E-state index is -0.578. The predicted molar refractivity (Wildman–Crippen MR) is 125 cm³/mol. The zero-order valence-electron chi connectivity index (χ0n) is 18.5. The van der Waals surface area contributed by atoms with Crippen molar-refractivity contribution in [3.63, 3.8) is 0 Å². The molecular weight excluding hydrogens is 470 g/mol. The van der Waals surface area contributed by atoms with Crippen LogP contribution in [0.15, 0.2) is 28.7 Å². The molecule has 1 aromatic rings. The van der Waals surface area contributed by atoms with Gasteiger partial charge in [0, 0.05) is 36.3 Å². The summed E-state index contributed by atoms with van der Waals surface area (Å²) in [7, 11) is 0. The number of carbonyl (C=O) groups excluding carboxylic acids is 2. The van der Waals surface area contributed by atoms with Crippen LogP contribution < -0.4 is 10.2 Å². The lowest BCUT2D eigenvalue weighted by atomic mass is 10.1. The van der Waals surface area contributed by atoms with Crippen LogP contribution in [0.1, 0.15) is 41.0 Å². The lowest BCUT2D eigenvalue weighted by Gasteiger charge is -2.42. The van der Waals surface area contributed by atoms with Crippen molar-refractivity contribution in [2.75, 3.05) is 31.1 Å². The third kappa shape index (κ3) is 7.65. The first-order valence-corrected chi connectivity index (χ1v) is 11.6. The van der Waals surface area contributed by atoms with Crippen molar-refractivity contribution in [2.24, 2.45) is 5.92 Å². The molecule has 2 atom stereocenters. The first-order chi connectivity index (χ1) is 14.0. The average molecular weight is 503 g/mol. The van der Waals surface area contributed by atoms with E-state index in [1.807, 2.05) is 58.9 Å². The number of ether oxygens (including phenoxy) is 1. The van der Waals surface area contributed by atoms with Gasteiger partial charge in [-0.05, 0) is 57.4 Å². The molecule has 2 rings (SSSR count). The van der Waals surface area contributed by atoms with Gasteiger partial charge < -0.3 is 15.0 Å². The van der Waals surface area contributed by atoms with Gasteiger partial charge in [0.25, 0.3) is 0 Å². The molecular formula is C22H33BrClN3O3. The van der Waals surface area contributed by atoms with E-state index >= 15 is 0 Å². The van der Waals surface area contributed by atoms with Gasteiger partial charge in [-0.1, -0.05) is 29.8 Å². The van der Waals surface area contributed by atoms with E-state index < -0.39 is 11.0 Å². The normalized spacial score (nSPS) is 18.3. The fraction of sp³-hybridized carbons (Fsp3) is 0.636. The van der Waals surface area contributed by atoms with E-state index in [1.165, 1.54) is 0 Å². The number of carbonyl (C=O) groups is 2. The summed E-state index contributed by atoms with van der Waals surface area (Å²) in [5.74, 6) is 0.134. The number of amides is 2. The van der Waals surface area contributed by atoms with Crippen molar-refractivity contribution in [3.8, 4) is 0 Å². The Kier molecular flexibility index (Phi) is 8.85. The maximum Gasteiger partial charge on any atom is 0.410 e. The molecule has 1 aromatic carbocycles. The molecule has 0 saturated carbocycles. The molecule has 168 valence electrons. The van der Waals surface area contributed by atoms with Crippen molar-refractivity contribution in [1.82, 2.24) is 10.2 Å². The van der Waals surface area contributed by atoms with Crippen molar-refractivity contribution in [1.29, 1.82) is 0 Å². The molecule has 2 amide bonds. The highest BCUT2D eigenvalue weighted by Gasteiger charge is 2.34. The molecule has 0 spiro atoms. The van der Waals surface area contributed by atoms with Crippen LogP contribution in [-0.2, 0) is 9.53 Å². The average Bonchev–Trinajstić information content (AvgIpc) is 2.64. The second kappa shape index (κ2) is 10.7. The highest BCUT2D eigenvalue weighted by atomic mass is 79.9. The first kappa shape index (κ1) is 24.8. The smallest absolute Gasteiger partial charge is 0.410 e. The number of nitrogens with one attached hydrogen (secondary N) is 1. The molecule has 30 heavy (non-hydrogen) atoms. The van der Waals surface area contributed by atoms with E-state index in [1.54, 1.807) is 4.90 Å². The Balaban J connectivity index is 2.10. The van der Waals surface area contributed by atoms with Crippen LogP contribution in [-0.4, -0.2) is 60.1 Å². The quantitative estimate of drug-likeness (QED) is 0.576. The summed E-state index contributed by atoms with van der Waals surface area (Å²) in [5.41, 5.74) is 0.500. The summed E-state index contributed by atoms with van der Waals surface area (Å²) in [6, 6.07) is 7.86. The Labute approximate surface area is 193 Å². The summed E-state index contributed by atoms with van der Waals surface area (Å²) >= 11 is 9.70. The highest BCUT2D eigenvalue weighted by molar-refractivity contribution is 9.10. The van der Waals surface area contributed by atoms with E-state index in [-0.39, 0.29) is 18.0 Å².